The van der Waals surface area contributed by atoms with Crippen LogP contribution in [0.3, 0.4) is 0 Å². The van der Waals surface area contributed by atoms with Crippen molar-refractivity contribution in [2.24, 2.45) is 0 Å². The summed E-state index contributed by atoms with van der Waals surface area (Å²) in [5.74, 6) is 1.06. The van der Waals surface area contributed by atoms with E-state index >= 15 is 0 Å². The molecule has 0 unspecified atom stereocenters. The van der Waals surface area contributed by atoms with Gasteiger partial charge in [-0.2, -0.15) is 12.6 Å². The Labute approximate surface area is 80.1 Å². The van der Waals surface area contributed by atoms with E-state index in [1.807, 2.05) is 0 Å². The average Bonchev–Trinajstić information content (AvgIpc) is 1.69. The molecule has 0 nitrogen and oxygen atoms in total. The van der Waals surface area contributed by atoms with E-state index in [9.17, 15) is 0 Å². The van der Waals surface area contributed by atoms with E-state index in [1.54, 1.807) is 0 Å². The van der Waals surface area contributed by atoms with Gasteiger partial charge in [-0.3, -0.25) is 0 Å². The van der Waals surface area contributed by atoms with Gasteiger partial charge in [-0.15, -0.1) is 0 Å². The summed E-state index contributed by atoms with van der Waals surface area (Å²) in [5.41, 5.74) is 0. The minimum Gasteiger partial charge on any atom is -0.179 e. The van der Waals surface area contributed by atoms with Crippen LogP contribution in [0.4, 0.5) is 0 Å². The molecular formula is C6H14NaS. The van der Waals surface area contributed by atoms with Gasteiger partial charge in [0.05, 0.1) is 0 Å². The second-order valence-electron chi connectivity index (χ2n) is 1.78. The first-order valence-corrected chi connectivity index (χ1v) is 3.66. The molecule has 0 atom stereocenters. The molecule has 0 aromatic rings. The standard InChI is InChI=1S/C6H14S.Na/c1-2-3-4-5-6-7;/h7H,2-6H2,1H3;. The van der Waals surface area contributed by atoms with Gasteiger partial charge in [0.15, 0.2) is 0 Å². The van der Waals surface area contributed by atoms with Crippen LogP contribution in [0.1, 0.15) is 32.6 Å². The first-order chi connectivity index (χ1) is 3.41. The van der Waals surface area contributed by atoms with Crippen molar-refractivity contribution in [3.63, 3.8) is 0 Å². The summed E-state index contributed by atoms with van der Waals surface area (Å²) in [6.45, 7) is 2.22. The summed E-state index contributed by atoms with van der Waals surface area (Å²) in [5, 5.41) is 0. The van der Waals surface area contributed by atoms with Crippen molar-refractivity contribution in [3.05, 3.63) is 0 Å². The summed E-state index contributed by atoms with van der Waals surface area (Å²) in [4.78, 5) is 0. The van der Waals surface area contributed by atoms with E-state index in [2.05, 4.69) is 19.6 Å². The third kappa shape index (κ3) is 10.4. The Bertz CT molecular complexity index is 27.7. The molecule has 0 heterocycles. The maximum Gasteiger partial charge on any atom is 0 e. The van der Waals surface area contributed by atoms with Crippen LogP contribution in [0, 0.1) is 0 Å². The van der Waals surface area contributed by atoms with E-state index in [0.717, 1.165) is 5.75 Å². The van der Waals surface area contributed by atoms with E-state index in [1.165, 1.54) is 25.7 Å². The number of hydrogen-bond donors (Lipinski definition) is 1. The normalized spacial score (nSPS) is 8.25. The first-order valence-electron chi connectivity index (χ1n) is 3.02. The van der Waals surface area contributed by atoms with Gasteiger partial charge >= 0.3 is 0 Å². The van der Waals surface area contributed by atoms with Crippen molar-refractivity contribution in [2.75, 3.05) is 5.75 Å². The third-order valence-electron chi connectivity index (χ3n) is 1.01. The van der Waals surface area contributed by atoms with Crippen LogP contribution in [-0.4, -0.2) is 35.3 Å². The maximum atomic E-state index is 4.09. The molecule has 1 radical (unpaired) electrons. The van der Waals surface area contributed by atoms with Crippen LogP contribution in [-0.2, 0) is 0 Å². The third-order valence-corrected chi connectivity index (χ3v) is 1.33. The van der Waals surface area contributed by atoms with Gasteiger partial charge < -0.3 is 0 Å². The summed E-state index contributed by atoms with van der Waals surface area (Å²) < 4.78 is 0. The van der Waals surface area contributed by atoms with Crippen LogP contribution in [0.25, 0.3) is 0 Å². The van der Waals surface area contributed by atoms with Crippen molar-refractivity contribution in [1.82, 2.24) is 0 Å². The van der Waals surface area contributed by atoms with Crippen LogP contribution in [0.2, 0.25) is 0 Å². The van der Waals surface area contributed by atoms with Crippen molar-refractivity contribution in [1.29, 1.82) is 0 Å². The molecule has 0 rings (SSSR count). The van der Waals surface area contributed by atoms with Gasteiger partial charge in [0.2, 0.25) is 0 Å². The Kier molecular flexibility index (Phi) is 16.9. The van der Waals surface area contributed by atoms with Crippen molar-refractivity contribution in [2.45, 2.75) is 32.6 Å². The minimum absolute atomic E-state index is 0. The molecule has 0 saturated carbocycles. The quantitative estimate of drug-likeness (QED) is 0.346. The number of thiol groups is 1. The average molecular weight is 141 g/mol. The molecule has 0 spiro atoms. The molecule has 0 aliphatic rings. The predicted octanol–water partition coefficient (Wildman–Crippen LogP) is 2.12. The van der Waals surface area contributed by atoms with Crippen LogP contribution < -0.4 is 0 Å². The first kappa shape index (κ1) is 12.1. The topological polar surface area (TPSA) is 0 Å². The van der Waals surface area contributed by atoms with Gasteiger partial charge in [0.1, 0.15) is 0 Å². The second-order valence-corrected chi connectivity index (χ2v) is 2.23. The Morgan fingerprint density at radius 2 is 1.75 bits per heavy atom. The van der Waals surface area contributed by atoms with Crippen molar-refractivity contribution >= 4 is 42.2 Å². The molecular weight excluding hydrogens is 127 g/mol. The van der Waals surface area contributed by atoms with Crippen molar-refractivity contribution in [3.8, 4) is 0 Å². The second kappa shape index (κ2) is 11.2. The summed E-state index contributed by atoms with van der Waals surface area (Å²) >= 11 is 4.09. The number of hydrogen-bond acceptors (Lipinski definition) is 1. The smallest absolute Gasteiger partial charge is 0 e. The van der Waals surface area contributed by atoms with Gasteiger partial charge in [0.25, 0.3) is 0 Å². The number of rotatable bonds is 4. The summed E-state index contributed by atoms with van der Waals surface area (Å²) in [6, 6.07) is 0. The summed E-state index contributed by atoms with van der Waals surface area (Å²) in [7, 11) is 0. The van der Waals surface area contributed by atoms with Gasteiger partial charge in [-0.1, -0.05) is 26.2 Å². The molecule has 8 heavy (non-hydrogen) atoms. The Hall–Kier alpha value is 1.35. The Balaban J connectivity index is 0. The fourth-order valence-corrected chi connectivity index (χ4v) is 0.762. The van der Waals surface area contributed by atoms with E-state index < -0.39 is 0 Å². The van der Waals surface area contributed by atoms with Gasteiger partial charge in [-0.25, -0.2) is 0 Å². The minimum atomic E-state index is 0. The molecule has 0 amide bonds. The van der Waals surface area contributed by atoms with Crippen LogP contribution in [0.15, 0.2) is 0 Å². The fraction of sp³-hybridized carbons (Fsp3) is 1.00. The molecule has 0 aromatic carbocycles. The molecule has 2 heteroatoms. The van der Waals surface area contributed by atoms with Crippen LogP contribution in [0.5, 0.6) is 0 Å². The molecule has 0 N–H and O–H groups in total. The molecule has 0 aliphatic heterocycles. The largest absolute Gasteiger partial charge is 0.179 e. The molecule has 45 valence electrons. The monoisotopic (exact) mass is 141 g/mol. The molecule has 0 bridgehead atoms. The van der Waals surface area contributed by atoms with E-state index in [0.29, 0.717) is 0 Å². The zero-order chi connectivity index (χ0) is 5.54. The van der Waals surface area contributed by atoms with Crippen molar-refractivity contribution < 1.29 is 0 Å². The fourth-order valence-electron chi connectivity index (χ4n) is 0.539. The van der Waals surface area contributed by atoms with E-state index in [4.69, 9.17) is 0 Å². The van der Waals surface area contributed by atoms with Gasteiger partial charge in [-0.05, 0) is 12.2 Å². The zero-order valence-electron chi connectivity index (χ0n) is 5.98. The number of unbranched alkanes of at least 4 members (excludes halogenated alkanes) is 3. The predicted molar refractivity (Wildman–Crippen MR) is 43.7 cm³/mol. The molecule has 0 saturated heterocycles. The molecule has 0 aliphatic carbocycles. The molecule has 0 aromatic heterocycles. The molecule has 0 fully saturated rings. The van der Waals surface area contributed by atoms with E-state index in [-0.39, 0.29) is 29.6 Å². The summed E-state index contributed by atoms with van der Waals surface area (Å²) in [6.07, 6.45) is 5.35. The van der Waals surface area contributed by atoms with Crippen LogP contribution >= 0.6 is 12.6 Å². The van der Waals surface area contributed by atoms with Gasteiger partial charge in [0, 0.05) is 29.6 Å². The zero-order valence-corrected chi connectivity index (χ0v) is 8.88. The Morgan fingerprint density at radius 1 is 1.12 bits per heavy atom. The maximum absolute atomic E-state index is 4.09. The SMILES string of the molecule is CCCCCCS.[Na]. The Morgan fingerprint density at radius 3 is 2.12 bits per heavy atom.